The standard InChI is InChI=1S/C6H12O2.2C4H9.Mg/c1-2-3-4-5-6(7)8;2*1-3-4-2;/h2-5H2,1H3,(H,7,8);2*1,3-4H2,2H3;/q;2*-1;+2. The minimum absolute atomic E-state index is 0. The van der Waals surface area contributed by atoms with E-state index in [1.165, 1.54) is 12.8 Å². The van der Waals surface area contributed by atoms with Crippen molar-refractivity contribution in [1.82, 2.24) is 0 Å². The Morgan fingerprint density at radius 3 is 1.47 bits per heavy atom. The zero-order valence-corrected chi connectivity index (χ0v) is 13.5. The Bertz CT molecular complexity index is 109. The minimum Gasteiger partial charge on any atom is -0.481 e. The summed E-state index contributed by atoms with van der Waals surface area (Å²) in [5, 5.41) is 8.14. The van der Waals surface area contributed by atoms with Crippen LogP contribution in [-0.2, 0) is 4.79 Å². The van der Waals surface area contributed by atoms with Crippen LogP contribution in [0.1, 0.15) is 72.1 Å². The smallest absolute Gasteiger partial charge is 0.481 e. The molecule has 0 atom stereocenters. The van der Waals surface area contributed by atoms with E-state index in [1.54, 1.807) is 0 Å². The van der Waals surface area contributed by atoms with E-state index in [4.69, 9.17) is 5.11 Å². The molecule has 0 saturated carbocycles. The van der Waals surface area contributed by atoms with Crippen LogP contribution in [0.25, 0.3) is 0 Å². The first-order chi connectivity index (χ1) is 7.60. The molecule has 0 aliphatic rings. The van der Waals surface area contributed by atoms with Crippen LogP contribution in [0.15, 0.2) is 0 Å². The molecule has 2 nitrogen and oxygen atoms in total. The third-order valence-electron chi connectivity index (χ3n) is 1.70. The number of aliphatic carboxylic acids is 1. The van der Waals surface area contributed by atoms with Crippen molar-refractivity contribution in [2.45, 2.75) is 72.1 Å². The van der Waals surface area contributed by atoms with Gasteiger partial charge in [0.2, 0.25) is 0 Å². The topological polar surface area (TPSA) is 37.3 Å². The Balaban J connectivity index is -0.0000000806. The molecule has 0 aromatic rings. The summed E-state index contributed by atoms with van der Waals surface area (Å²) in [5.74, 6) is -0.682. The second-order valence-corrected chi connectivity index (χ2v) is 3.56. The molecule has 100 valence electrons. The molecule has 1 N–H and O–H groups in total. The van der Waals surface area contributed by atoms with Crippen molar-refractivity contribution >= 4 is 29.0 Å². The number of unbranched alkanes of at least 4 members (excludes halogenated alkanes) is 4. The van der Waals surface area contributed by atoms with Crippen molar-refractivity contribution in [3.8, 4) is 0 Å². The van der Waals surface area contributed by atoms with Crippen LogP contribution in [0.2, 0.25) is 0 Å². The van der Waals surface area contributed by atoms with Gasteiger partial charge in [0.05, 0.1) is 0 Å². The van der Waals surface area contributed by atoms with Crippen molar-refractivity contribution in [3.63, 3.8) is 0 Å². The van der Waals surface area contributed by atoms with E-state index in [2.05, 4.69) is 34.6 Å². The second-order valence-electron chi connectivity index (χ2n) is 3.56. The van der Waals surface area contributed by atoms with Gasteiger partial charge >= 0.3 is 29.0 Å². The average Bonchev–Trinajstić information content (AvgIpc) is 2.30. The molecule has 17 heavy (non-hydrogen) atoms. The first-order valence-electron chi connectivity index (χ1n) is 6.40. The molecule has 0 amide bonds. The molecule has 0 heterocycles. The van der Waals surface area contributed by atoms with Gasteiger partial charge in [0.15, 0.2) is 0 Å². The van der Waals surface area contributed by atoms with Crippen LogP contribution in [0.3, 0.4) is 0 Å². The van der Waals surface area contributed by atoms with E-state index < -0.39 is 5.97 Å². The van der Waals surface area contributed by atoms with Gasteiger partial charge in [0, 0.05) is 6.42 Å². The maximum Gasteiger partial charge on any atom is 2.00 e. The van der Waals surface area contributed by atoms with Crippen LogP contribution in [0.4, 0.5) is 0 Å². The van der Waals surface area contributed by atoms with Crippen molar-refractivity contribution in [3.05, 3.63) is 13.8 Å². The van der Waals surface area contributed by atoms with Crippen LogP contribution >= 0.6 is 0 Å². The zero-order chi connectivity index (χ0) is 13.2. The van der Waals surface area contributed by atoms with Crippen LogP contribution in [0, 0.1) is 13.8 Å². The summed E-state index contributed by atoms with van der Waals surface area (Å²) in [6.45, 7) is 13.5. The number of hydrogen-bond acceptors (Lipinski definition) is 1. The van der Waals surface area contributed by atoms with Gasteiger partial charge in [-0.1, -0.05) is 46.5 Å². The first kappa shape index (κ1) is 25.9. The number of carboxylic acid groups (broad SMARTS) is 1. The molecule has 0 aromatic carbocycles. The van der Waals surface area contributed by atoms with Gasteiger partial charge in [0.1, 0.15) is 0 Å². The van der Waals surface area contributed by atoms with Crippen LogP contribution < -0.4 is 0 Å². The van der Waals surface area contributed by atoms with Gasteiger partial charge < -0.3 is 19.0 Å². The number of rotatable bonds is 6. The molecule has 0 rings (SSSR count). The molecule has 0 saturated heterocycles. The summed E-state index contributed by atoms with van der Waals surface area (Å²) < 4.78 is 0. The Kier molecular flexibility index (Phi) is 45.5. The average molecular weight is 255 g/mol. The van der Waals surface area contributed by atoms with Crippen molar-refractivity contribution in [2.75, 3.05) is 0 Å². The monoisotopic (exact) mass is 254 g/mol. The molecular weight excluding hydrogens is 224 g/mol. The third kappa shape index (κ3) is 62.8. The fraction of sp³-hybridized carbons (Fsp3) is 0.786. The third-order valence-corrected chi connectivity index (χ3v) is 1.70. The molecule has 0 aromatic heterocycles. The van der Waals surface area contributed by atoms with E-state index in [9.17, 15) is 4.79 Å². The fourth-order valence-electron chi connectivity index (χ4n) is 0.526. The van der Waals surface area contributed by atoms with Gasteiger partial charge in [-0.3, -0.25) is 4.79 Å². The largest absolute Gasteiger partial charge is 2.00 e. The summed E-state index contributed by atoms with van der Waals surface area (Å²) in [6.07, 6.45) is 7.83. The van der Waals surface area contributed by atoms with E-state index >= 15 is 0 Å². The minimum atomic E-state index is -0.682. The van der Waals surface area contributed by atoms with E-state index in [0.29, 0.717) is 6.42 Å². The fourth-order valence-corrected chi connectivity index (χ4v) is 0.526. The van der Waals surface area contributed by atoms with E-state index in [-0.39, 0.29) is 23.1 Å². The van der Waals surface area contributed by atoms with Crippen molar-refractivity contribution in [2.24, 2.45) is 0 Å². The first-order valence-corrected chi connectivity index (χ1v) is 6.40. The molecule has 0 unspecified atom stereocenters. The predicted octanol–water partition coefficient (Wildman–Crippen LogP) is 4.51. The van der Waals surface area contributed by atoms with Gasteiger partial charge in [-0.2, -0.15) is 12.8 Å². The molecule has 0 aliphatic heterocycles. The SMILES string of the molecule is CCCCCC(=O)O.[CH2-]CCC.[CH2-]CCC.[Mg+2]. The summed E-state index contributed by atoms with van der Waals surface area (Å²) >= 11 is 0. The van der Waals surface area contributed by atoms with Gasteiger partial charge in [-0.05, 0) is 6.42 Å². The second kappa shape index (κ2) is 29.9. The molecule has 3 heteroatoms. The van der Waals surface area contributed by atoms with Gasteiger partial charge in [-0.15, -0.1) is 0 Å². The normalized spacial score (nSPS) is 7.82. The predicted molar refractivity (Wildman–Crippen MR) is 78.1 cm³/mol. The zero-order valence-electron chi connectivity index (χ0n) is 12.1. The van der Waals surface area contributed by atoms with E-state index in [0.717, 1.165) is 32.1 Å². The number of hydrogen-bond donors (Lipinski definition) is 1. The Hall–Kier alpha value is 0.236. The van der Waals surface area contributed by atoms with Gasteiger partial charge in [-0.25, -0.2) is 0 Å². The summed E-state index contributed by atoms with van der Waals surface area (Å²) in [5.41, 5.74) is 0. The quantitative estimate of drug-likeness (QED) is 0.430. The maximum atomic E-state index is 9.87. The summed E-state index contributed by atoms with van der Waals surface area (Å²) in [6, 6.07) is 0. The number of carbonyl (C=O) groups is 1. The Morgan fingerprint density at radius 2 is 1.29 bits per heavy atom. The molecular formula is C14H30MgO2. The number of carboxylic acids is 1. The molecule has 0 fully saturated rings. The van der Waals surface area contributed by atoms with E-state index in [1.807, 2.05) is 0 Å². The Morgan fingerprint density at radius 1 is 0.941 bits per heavy atom. The maximum absolute atomic E-state index is 9.87. The molecule has 0 spiro atoms. The summed E-state index contributed by atoms with van der Waals surface area (Å²) in [7, 11) is 0. The van der Waals surface area contributed by atoms with Crippen LogP contribution in [-0.4, -0.2) is 34.1 Å². The molecule has 0 radical (unpaired) electrons. The Labute approximate surface area is 125 Å². The van der Waals surface area contributed by atoms with Crippen molar-refractivity contribution < 1.29 is 9.90 Å². The molecule has 0 bridgehead atoms. The van der Waals surface area contributed by atoms with Crippen molar-refractivity contribution in [1.29, 1.82) is 0 Å². The van der Waals surface area contributed by atoms with Gasteiger partial charge in [0.25, 0.3) is 0 Å². The summed E-state index contributed by atoms with van der Waals surface area (Å²) in [4.78, 5) is 9.87. The molecule has 0 aliphatic carbocycles. The van der Waals surface area contributed by atoms with Crippen LogP contribution in [0.5, 0.6) is 0 Å².